The van der Waals surface area contributed by atoms with Gasteiger partial charge in [-0.25, -0.2) is 0 Å². The van der Waals surface area contributed by atoms with Gasteiger partial charge in [0.25, 0.3) is 0 Å². The van der Waals surface area contributed by atoms with Crippen LogP contribution in [0.2, 0.25) is 0 Å². The Balaban J connectivity index is 0.000000461. The van der Waals surface area contributed by atoms with E-state index in [-0.39, 0.29) is 0 Å². The maximum atomic E-state index is 3.95. The zero-order valence-electron chi connectivity index (χ0n) is 7.68. The summed E-state index contributed by atoms with van der Waals surface area (Å²) in [5.74, 6) is 0. The van der Waals surface area contributed by atoms with E-state index in [1.807, 2.05) is 40.1 Å². The van der Waals surface area contributed by atoms with Crippen LogP contribution in [0, 0.1) is 6.92 Å². The molecule has 0 fully saturated rings. The van der Waals surface area contributed by atoms with Crippen molar-refractivity contribution in [3.05, 3.63) is 24.0 Å². The number of aryl methyl sites for hydroxylation is 1. The lowest BCUT2D eigenvalue weighted by Crippen LogP contribution is -1.90. The van der Waals surface area contributed by atoms with E-state index in [9.17, 15) is 0 Å². The average molecular weight is 152 g/mol. The number of pyridine rings is 1. The molecular formula is C9H16N2. The lowest BCUT2D eigenvalue weighted by atomic mass is 10.2. The number of aromatic nitrogens is 1. The Morgan fingerprint density at radius 2 is 2.00 bits per heavy atom. The molecule has 0 saturated carbocycles. The van der Waals surface area contributed by atoms with E-state index in [2.05, 4.69) is 10.3 Å². The van der Waals surface area contributed by atoms with Crippen LogP contribution >= 0.6 is 0 Å². The Morgan fingerprint density at radius 1 is 1.36 bits per heavy atom. The Bertz CT molecular complexity index is 197. The molecule has 0 aliphatic carbocycles. The van der Waals surface area contributed by atoms with Gasteiger partial charge in [0.05, 0.1) is 11.9 Å². The van der Waals surface area contributed by atoms with Crippen molar-refractivity contribution in [2.24, 2.45) is 0 Å². The fourth-order valence-electron chi connectivity index (χ4n) is 0.726. The van der Waals surface area contributed by atoms with Crippen LogP contribution < -0.4 is 5.32 Å². The normalized spacial score (nSPS) is 8.00. The molecular weight excluding hydrogens is 136 g/mol. The molecule has 0 radical (unpaired) electrons. The van der Waals surface area contributed by atoms with Gasteiger partial charge in [-0.15, -0.1) is 0 Å². The first kappa shape index (κ1) is 9.95. The van der Waals surface area contributed by atoms with E-state index in [1.54, 1.807) is 6.20 Å². The second-order valence-electron chi connectivity index (χ2n) is 1.94. The third kappa shape index (κ3) is 3.03. The molecule has 0 atom stereocenters. The summed E-state index contributed by atoms with van der Waals surface area (Å²) in [5.41, 5.74) is 2.32. The molecule has 1 aromatic heterocycles. The zero-order chi connectivity index (χ0) is 8.69. The highest BCUT2D eigenvalue weighted by Gasteiger charge is 1.89. The molecule has 2 nitrogen and oxygen atoms in total. The number of anilines is 1. The minimum atomic E-state index is 1.09. The molecule has 0 saturated heterocycles. The van der Waals surface area contributed by atoms with Gasteiger partial charge in [-0.3, -0.25) is 4.98 Å². The van der Waals surface area contributed by atoms with Gasteiger partial charge < -0.3 is 5.32 Å². The van der Waals surface area contributed by atoms with E-state index in [1.165, 1.54) is 5.56 Å². The van der Waals surface area contributed by atoms with E-state index in [0.29, 0.717) is 0 Å². The molecule has 1 aromatic rings. The van der Waals surface area contributed by atoms with Crippen molar-refractivity contribution in [3.8, 4) is 0 Å². The van der Waals surface area contributed by atoms with Gasteiger partial charge in [-0.1, -0.05) is 13.8 Å². The van der Waals surface area contributed by atoms with Crippen LogP contribution in [0.4, 0.5) is 5.69 Å². The third-order valence-corrected chi connectivity index (χ3v) is 1.31. The molecule has 0 aliphatic rings. The number of hydrogen-bond donors (Lipinski definition) is 1. The number of nitrogens with zero attached hydrogens (tertiary/aromatic N) is 1. The SMILES string of the molecule is CC.CNc1cnccc1C. The zero-order valence-corrected chi connectivity index (χ0v) is 7.68. The molecule has 1 rings (SSSR count). The van der Waals surface area contributed by atoms with Gasteiger partial charge in [-0.2, -0.15) is 0 Å². The van der Waals surface area contributed by atoms with Crippen LogP contribution in [-0.4, -0.2) is 12.0 Å². The highest BCUT2D eigenvalue weighted by atomic mass is 14.8. The lowest BCUT2D eigenvalue weighted by Gasteiger charge is -2.00. The third-order valence-electron chi connectivity index (χ3n) is 1.31. The number of nitrogens with one attached hydrogen (secondary N) is 1. The van der Waals surface area contributed by atoms with Crippen LogP contribution in [0.1, 0.15) is 19.4 Å². The summed E-state index contributed by atoms with van der Waals surface area (Å²) in [4.78, 5) is 3.95. The van der Waals surface area contributed by atoms with Crippen molar-refractivity contribution in [1.82, 2.24) is 4.98 Å². The van der Waals surface area contributed by atoms with Crippen molar-refractivity contribution < 1.29 is 0 Å². The molecule has 0 spiro atoms. The molecule has 0 bridgehead atoms. The molecule has 11 heavy (non-hydrogen) atoms. The van der Waals surface area contributed by atoms with Crippen LogP contribution in [0.5, 0.6) is 0 Å². The summed E-state index contributed by atoms with van der Waals surface area (Å²) in [6.45, 7) is 6.05. The van der Waals surface area contributed by atoms with Gasteiger partial charge in [0.15, 0.2) is 0 Å². The minimum absolute atomic E-state index is 1.09. The van der Waals surface area contributed by atoms with Gasteiger partial charge >= 0.3 is 0 Å². The fraction of sp³-hybridized carbons (Fsp3) is 0.444. The highest BCUT2D eigenvalue weighted by Crippen LogP contribution is 2.08. The Labute approximate surface area is 68.7 Å². The molecule has 1 N–H and O–H groups in total. The van der Waals surface area contributed by atoms with Crippen molar-refractivity contribution >= 4 is 5.69 Å². The first-order valence-electron chi connectivity index (χ1n) is 3.93. The predicted molar refractivity (Wildman–Crippen MR) is 49.9 cm³/mol. The summed E-state index contributed by atoms with van der Waals surface area (Å²) in [5, 5.41) is 3.03. The Kier molecular flexibility index (Phi) is 5.17. The van der Waals surface area contributed by atoms with Crippen molar-refractivity contribution in [1.29, 1.82) is 0 Å². The lowest BCUT2D eigenvalue weighted by molar-refractivity contribution is 1.27. The predicted octanol–water partition coefficient (Wildman–Crippen LogP) is 2.46. The van der Waals surface area contributed by atoms with E-state index in [4.69, 9.17) is 0 Å². The molecule has 0 unspecified atom stereocenters. The second-order valence-corrected chi connectivity index (χ2v) is 1.94. The second kappa shape index (κ2) is 5.71. The summed E-state index contributed by atoms with van der Waals surface area (Å²) in [6, 6.07) is 1.98. The number of rotatable bonds is 1. The van der Waals surface area contributed by atoms with Crippen LogP contribution in [0.15, 0.2) is 18.5 Å². The van der Waals surface area contributed by atoms with Crippen molar-refractivity contribution in [2.75, 3.05) is 12.4 Å². The molecule has 2 heteroatoms. The molecule has 0 amide bonds. The Hall–Kier alpha value is -1.05. The summed E-state index contributed by atoms with van der Waals surface area (Å²) < 4.78 is 0. The molecule has 0 aromatic carbocycles. The van der Waals surface area contributed by atoms with E-state index in [0.717, 1.165) is 5.69 Å². The van der Waals surface area contributed by atoms with Gasteiger partial charge in [-0.05, 0) is 18.6 Å². The summed E-state index contributed by atoms with van der Waals surface area (Å²) >= 11 is 0. The van der Waals surface area contributed by atoms with Crippen LogP contribution in [0.25, 0.3) is 0 Å². The van der Waals surface area contributed by atoms with E-state index < -0.39 is 0 Å². The quantitative estimate of drug-likeness (QED) is 0.668. The fourth-order valence-corrected chi connectivity index (χ4v) is 0.726. The average Bonchev–Trinajstić information content (AvgIpc) is 2.09. The van der Waals surface area contributed by atoms with Gasteiger partial charge in [0, 0.05) is 13.2 Å². The van der Waals surface area contributed by atoms with Crippen LogP contribution in [-0.2, 0) is 0 Å². The van der Waals surface area contributed by atoms with Crippen molar-refractivity contribution in [2.45, 2.75) is 20.8 Å². The monoisotopic (exact) mass is 152 g/mol. The molecule has 62 valence electrons. The Morgan fingerprint density at radius 3 is 2.36 bits per heavy atom. The molecule has 1 heterocycles. The summed E-state index contributed by atoms with van der Waals surface area (Å²) in [6.07, 6.45) is 3.60. The standard InChI is InChI=1S/C7H10N2.C2H6/c1-6-3-4-9-5-7(6)8-2;1-2/h3-5,8H,1-2H3;1-2H3. The minimum Gasteiger partial charge on any atom is -0.387 e. The smallest absolute Gasteiger partial charge is 0.0553 e. The maximum absolute atomic E-state index is 3.95. The molecule has 0 aliphatic heterocycles. The maximum Gasteiger partial charge on any atom is 0.0553 e. The van der Waals surface area contributed by atoms with E-state index >= 15 is 0 Å². The highest BCUT2D eigenvalue weighted by molar-refractivity contribution is 5.46. The largest absolute Gasteiger partial charge is 0.387 e. The first-order valence-corrected chi connectivity index (χ1v) is 3.93. The van der Waals surface area contributed by atoms with Gasteiger partial charge in [0.2, 0.25) is 0 Å². The number of hydrogen-bond acceptors (Lipinski definition) is 2. The topological polar surface area (TPSA) is 24.9 Å². The van der Waals surface area contributed by atoms with Crippen LogP contribution in [0.3, 0.4) is 0 Å². The van der Waals surface area contributed by atoms with Gasteiger partial charge in [0.1, 0.15) is 0 Å². The first-order chi connectivity index (χ1) is 5.34. The van der Waals surface area contributed by atoms with Crippen molar-refractivity contribution in [3.63, 3.8) is 0 Å². The summed E-state index contributed by atoms with van der Waals surface area (Å²) in [7, 11) is 1.89.